The Balaban J connectivity index is 2.12. The third-order valence-electron chi connectivity index (χ3n) is 4.32. The summed E-state index contributed by atoms with van der Waals surface area (Å²) in [6.07, 6.45) is 5.67. The highest BCUT2D eigenvalue weighted by Crippen LogP contribution is 2.37. The maximum absolute atomic E-state index is 5.37. The lowest BCUT2D eigenvalue weighted by atomic mass is 9.93. The average molecular weight is 248 g/mol. The van der Waals surface area contributed by atoms with Gasteiger partial charge in [0.1, 0.15) is 0 Å². The van der Waals surface area contributed by atoms with Gasteiger partial charge >= 0.3 is 0 Å². The minimum atomic E-state index is 0.561. The van der Waals surface area contributed by atoms with Crippen LogP contribution in [0.3, 0.4) is 0 Å². The zero-order valence-electron chi connectivity index (χ0n) is 11.9. The number of aromatic nitrogens is 1. The Hall–Kier alpha value is -1.25. The fourth-order valence-corrected chi connectivity index (χ4v) is 3.05. The Labute approximate surface area is 110 Å². The highest BCUT2D eigenvalue weighted by atomic mass is 16.5. The second kappa shape index (κ2) is 5.59. The van der Waals surface area contributed by atoms with Gasteiger partial charge in [-0.3, -0.25) is 4.98 Å². The van der Waals surface area contributed by atoms with Gasteiger partial charge in [0.15, 0.2) is 5.75 Å². The van der Waals surface area contributed by atoms with E-state index in [1.165, 1.54) is 19.3 Å². The molecule has 1 aliphatic carbocycles. The van der Waals surface area contributed by atoms with Crippen molar-refractivity contribution in [1.29, 1.82) is 0 Å². The summed E-state index contributed by atoms with van der Waals surface area (Å²) in [4.78, 5) is 4.27. The molecule has 3 atom stereocenters. The maximum atomic E-state index is 5.37. The normalized spacial score (nSPS) is 27.2. The van der Waals surface area contributed by atoms with Crippen LogP contribution in [0, 0.1) is 18.8 Å². The van der Waals surface area contributed by atoms with Crippen molar-refractivity contribution in [1.82, 2.24) is 4.98 Å². The molecular formula is C15H24N2O. The SMILES string of the molecule is CCC1CCC(Nc2cc(C)ncc2OC)C1C. The number of methoxy groups -OCH3 is 1. The Morgan fingerprint density at radius 1 is 1.44 bits per heavy atom. The summed E-state index contributed by atoms with van der Waals surface area (Å²) in [6, 6.07) is 2.64. The summed E-state index contributed by atoms with van der Waals surface area (Å²) < 4.78 is 5.37. The Bertz CT molecular complexity index is 405. The van der Waals surface area contributed by atoms with Crippen LogP contribution in [0.1, 0.15) is 38.8 Å². The van der Waals surface area contributed by atoms with Gasteiger partial charge in [-0.15, -0.1) is 0 Å². The molecule has 3 unspecified atom stereocenters. The van der Waals surface area contributed by atoms with Gasteiger partial charge in [0.05, 0.1) is 19.0 Å². The third-order valence-corrected chi connectivity index (χ3v) is 4.32. The number of ether oxygens (including phenoxy) is 1. The lowest BCUT2D eigenvalue weighted by Gasteiger charge is -2.23. The highest BCUT2D eigenvalue weighted by Gasteiger charge is 2.31. The van der Waals surface area contributed by atoms with Crippen molar-refractivity contribution in [2.75, 3.05) is 12.4 Å². The van der Waals surface area contributed by atoms with Crippen molar-refractivity contribution in [3.63, 3.8) is 0 Å². The smallest absolute Gasteiger partial charge is 0.160 e. The number of rotatable bonds is 4. The predicted octanol–water partition coefficient (Wildman–Crippen LogP) is 3.64. The summed E-state index contributed by atoms with van der Waals surface area (Å²) in [7, 11) is 1.70. The molecule has 0 amide bonds. The molecule has 18 heavy (non-hydrogen) atoms. The third kappa shape index (κ3) is 2.60. The average Bonchev–Trinajstić information content (AvgIpc) is 2.71. The van der Waals surface area contributed by atoms with E-state index in [0.29, 0.717) is 6.04 Å². The highest BCUT2D eigenvalue weighted by molar-refractivity contribution is 5.56. The first-order valence-electron chi connectivity index (χ1n) is 6.92. The van der Waals surface area contributed by atoms with E-state index >= 15 is 0 Å². The molecule has 1 N–H and O–H groups in total. The summed E-state index contributed by atoms with van der Waals surface area (Å²) in [5, 5.41) is 3.65. The van der Waals surface area contributed by atoms with Crippen LogP contribution in [-0.2, 0) is 0 Å². The molecule has 0 aromatic carbocycles. The molecule has 0 radical (unpaired) electrons. The van der Waals surface area contributed by atoms with Gasteiger partial charge < -0.3 is 10.1 Å². The monoisotopic (exact) mass is 248 g/mol. The van der Waals surface area contributed by atoms with Gasteiger partial charge in [0.25, 0.3) is 0 Å². The van der Waals surface area contributed by atoms with Crippen LogP contribution in [0.25, 0.3) is 0 Å². The zero-order valence-corrected chi connectivity index (χ0v) is 11.9. The fraction of sp³-hybridized carbons (Fsp3) is 0.667. The first kappa shape index (κ1) is 13.2. The molecule has 2 rings (SSSR count). The van der Waals surface area contributed by atoms with Gasteiger partial charge in [0, 0.05) is 11.7 Å². The first-order valence-corrected chi connectivity index (χ1v) is 6.92. The van der Waals surface area contributed by atoms with Crippen LogP contribution < -0.4 is 10.1 Å². The molecule has 3 heteroatoms. The fourth-order valence-electron chi connectivity index (χ4n) is 3.05. The molecule has 0 spiro atoms. The molecule has 0 aliphatic heterocycles. The van der Waals surface area contributed by atoms with Crippen LogP contribution in [0.5, 0.6) is 5.75 Å². The quantitative estimate of drug-likeness (QED) is 0.883. The van der Waals surface area contributed by atoms with Gasteiger partial charge in [-0.25, -0.2) is 0 Å². The lowest BCUT2D eigenvalue weighted by Crippen LogP contribution is -2.25. The lowest BCUT2D eigenvalue weighted by molar-refractivity contribution is 0.389. The van der Waals surface area contributed by atoms with E-state index in [2.05, 4.69) is 30.2 Å². The van der Waals surface area contributed by atoms with Crippen LogP contribution in [0.4, 0.5) is 5.69 Å². The molecule has 1 aromatic heterocycles. The molecule has 1 fully saturated rings. The number of anilines is 1. The molecule has 1 heterocycles. The van der Waals surface area contributed by atoms with Crippen molar-refractivity contribution in [3.8, 4) is 5.75 Å². The van der Waals surface area contributed by atoms with E-state index in [4.69, 9.17) is 4.74 Å². The second-order valence-electron chi connectivity index (χ2n) is 5.38. The van der Waals surface area contributed by atoms with Crippen molar-refractivity contribution in [2.45, 2.75) is 46.1 Å². The van der Waals surface area contributed by atoms with E-state index < -0.39 is 0 Å². The number of hydrogen-bond donors (Lipinski definition) is 1. The number of hydrogen-bond acceptors (Lipinski definition) is 3. The Morgan fingerprint density at radius 2 is 2.22 bits per heavy atom. The Kier molecular flexibility index (Phi) is 4.10. The molecule has 1 aliphatic rings. The van der Waals surface area contributed by atoms with Crippen LogP contribution in [0.15, 0.2) is 12.3 Å². The van der Waals surface area contributed by atoms with E-state index in [-0.39, 0.29) is 0 Å². The summed E-state index contributed by atoms with van der Waals surface area (Å²) in [5.41, 5.74) is 2.11. The van der Waals surface area contributed by atoms with Crippen molar-refractivity contribution in [3.05, 3.63) is 18.0 Å². The molecule has 1 saturated carbocycles. The van der Waals surface area contributed by atoms with E-state index in [1.54, 1.807) is 13.3 Å². The van der Waals surface area contributed by atoms with Crippen molar-refractivity contribution < 1.29 is 4.74 Å². The molecular weight excluding hydrogens is 224 g/mol. The van der Waals surface area contributed by atoms with Gasteiger partial charge in [0.2, 0.25) is 0 Å². The van der Waals surface area contributed by atoms with Crippen LogP contribution >= 0.6 is 0 Å². The molecule has 3 nitrogen and oxygen atoms in total. The number of pyridine rings is 1. The number of nitrogens with zero attached hydrogens (tertiary/aromatic N) is 1. The molecule has 1 aromatic rings. The van der Waals surface area contributed by atoms with E-state index in [0.717, 1.165) is 29.0 Å². The van der Waals surface area contributed by atoms with Crippen molar-refractivity contribution >= 4 is 5.69 Å². The number of aryl methyl sites for hydroxylation is 1. The molecule has 0 bridgehead atoms. The Morgan fingerprint density at radius 3 is 2.83 bits per heavy atom. The summed E-state index contributed by atoms with van der Waals surface area (Å²) >= 11 is 0. The minimum Gasteiger partial charge on any atom is -0.493 e. The van der Waals surface area contributed by atoms with Gasteiger partial charge in [-0.1, -0.05) is 20.3 Å². The second-order valence-corrected chi connectivity index (χ2v) is 5.38. The number of nitrogens with one attached hydrogen (secondary N) is 1. The first-order chi connectivity index (χ1) is 8.65. The molecule has 100 valence electrons. The minimum absolute atomic E-state index is 0.561. The van der Waals surface area contributed by atoms with Gasteiger partial charge in [-0.2, -0.15) is 0 Å². The van der Waals surface area contributed by atoms with Gasteiger partial charge in [-0.05, 0) is 37.7 Å². The van der Waals surface area contributed by atoms with E-state index in [1.807, 2.05) is 6.92 Å². The standard InChI is InChI=1S/C15H24N2O/c1-5-12-6-7-13(11(12)3)17-14-8-10(2)16-9-15(14)18-4/h8-9,11-13H,5-7H2,1-4H3,(H,16,17). The van der Waals surface area contributed by atoms with E-state index in [9.17, 15) is 0 Å². The maximum Gasteiger partial charge on any atom is 0.160 e. The topological polar surface area (TPSA) is 34.2 Å². The van der Waals surface area contributed by atoms with Crippen LogP contribution in [-0.4, -0.2) is 18.1 Å². The predicted molar refractivity (Wildman–Crippen MR) is 75.1 cm³/mol. The van der Waals surface area contributed by atoms with Crippen molar-refractivity contribution in [2.24, 2.45) is 11.8 Å². The molecule has 0 saturated heterocycles. The summed E-state index contributed by atoms with van der Waals surface area (Å²) in [6.45, 7) is 6.66. The largest absolute Gasteiger partial charge is 0.493 e. The zero-order chi connectivity index (χ0) is 13.1. The summed E-state index contributed by atoms with van der Waals surface area (Å²) in [5.74, 6) is 2.43. The van der Waals surface area contributed by atoms with Crippen LogP contribution in [0.2, 0.25) is 0 Å².